The van der Waals surface area contributed by atoms with Gasteiger partial charge >= 0.3 is 6.18 Å². The van der Waals surface area contributed by atoms with Crippen LogP contribution in [0.3, 0.4) is 0 Å². The summed E-state index contributed by atoms with van der Waals surface area (Å²) in [6.07, 6.45) is -3.97. The minimum absolute atomic E-state index is 0.194. The van der Waals surface area contributed by atoms with Crippen molar-refractivity contribution in [1.29, 1.82) is 0 Å². The van der Waals surface area contributed by atoms with Gasteiger partial charge < -0.3 is 9.94 Å². The molecule has 1 aliphatic heterocycles. The average molecular weight is 259 g/mol. The molecule has 18 heavy (non-hydrogen) atoms. The Balaban J connectivity index is 2.17. The Kier molecular flexibility index (Phi) is 3.06. The van der Waals surface area contributed by atoms with E-state index >= 15 is 0 Å². The highest BCUT2D eigenvalue weighted by Gasteiger charge is 2.35. The van der Waals surface area contributed by atoms with Crippen LogP contribution in [0.2, 0.25) is 0 Å². The van der Waals surface area contributed by atoms with Crippen LogP contribution in [0, 0.1) is 0 Å². The largest absolute Gasteiger partial charge is 0.416 e. The Bertz CT molecular complexity index is 467. The molecule has 1 N–H and O–H groups in total. The standard InChI is InChI=1S/C12H12F3NO2/c1-11(7-17)6-10(16-18-11)8-2-4-9(5-3-8)12(13,14)15/h2-5,17H,6-7H2,1H3/t11-/m1/s1. The van der Waals surface area contributed by atoms with Crippen molar-refractivity contribution in [2.75, 3.05) is 6.61 Å². The van der Waals surface area contributed by atoms with Gasteiger partial charge in [0, 0.05) is 6.42 Å². The van der Waals surface area contributed by atoms with Crippen LogP contribution in [0.25, 0.3) is 0 Å². The molecule has 1 aromatic carbocycles. The number of nitrogens with zero attached hydrogens (tertiary/aromatic N) is 1. The van der Waals surface area contributed by atoms with Crippen molar-refractivity contribution in [2.45, 2.75) is 25.1 Å². The van der Waals surface area contributed by atoms with E-state index in [-0.39, 0.29) is 6.61 Å². The van der Waals surface area contributed by atoms with Crippen molar-refractivity contribution in [3.8, 4) is 0 Å². The molecule has 2 rings (SSSR count). The summed E-state index contributed by atoms with van der Waals surface area (Å²) in [4.78, 5) is 5.07. The fourth-order valence-electron chi connectivity index (χ4n) is 1.68. The van der Waals surface area contributed by atoms with Crippen molar-refractivity contribution >= 4 is 5.71 Å². The molecular weight excluding hydrogens is 247 g/mol. The molecule has 1 aromatic rings. The summed E-state index contributed by atoms with van der Waals surface area (Å²) < 4.78 is 37.2. The summed E-state index contributed by atoms with van der Waals surface area (Å²) in [6.45, 7) is 1.49. The Hall–Kier alpha value is -1.56. The minimum Gasteiger partial charge on any atom is -0.392 e. The second-order valence-corrected chi connectivity index (χ2v) is 4.49. The van der Waals surface area contributed by atoms with Crippen LogP contribution in [0.5, 0.6) is 0 Å². The number of hydrogen-bond acceptors (Lipinski definition) is 3. The Morgan fingerprint density at radius 3 is 2.39 bits per heavy atom. The zero-order valence-corrected chi connectivity index (χ0v) is 9.66. The number of aliphatic hydroxyl groups is 1. The Morgan fingerprint density at radius 1 is 1.33 bits per heavy atom. The summed E-state index contributed by atoms with van der Waals surface area (Å²) in [5.74, 6) is 0. The number of halogens is 3. The van der Waals surface area contributed by atoms with Crippen LogP contribution in [-0.4, -0.2) is 23.0 Å². The third-order valence-electron chi connectivity index (χ3n) is 2.80. The van der Waals surface area contributed by atoms with Gasteiger partial charge in [0.25, 0.3) is 0 Å². The first-order valence-corrected chi connectivity index (χ1v) is 5.38. The summed E-state index contributed by atoms with van der Waals surface area (Å²) >= 11 is 0. The lowest BCUT2D eigenvalue weighted by Gasteiger charge is -2.17. The average Bonchev–Trinajstić information content (AvgIpc) is 2.72. The predicted octanol–water partition coefficient (Wildman–Crippen LogP) is 2.58. The first-order valence-electron chi connectivity index (χ1n) is 5.38. The van der Waals surface area contributed by atoms with Crippen LogP contribution in [0.1, 0.15) is 24.5 Å². The first-order chi connectivity index (χ1) is 8.34. The van der Waals surface area contributed by atoms with Gasteiger partial charge in [0.15, 0.2) is 5.60 Å². The van der Waals surface area contributed by atoms with Crippen LogP contribution in [0.15, 0.2) is 29.4 Å². The predicted molar refractivity (Wildman–Crippen MR) is 59.2 cm³/mol. The van der Waals surface area contributed by atoms with Crippen molar-refractivity contribution in [3.63, 3.8) is 0 Å². The molecular formula is C12H12F3NO2. The molecule has 0 radical (unpaired) electrons. The van der Waals surface area contributed by atoms with Gasteiger partial charge in [-0.2, -0.15) is 13.2 Å². The molecule has 0 saturated carbocycles. The second kappa shape index (κ2) is 4.28. The van der Waals surface area contributed by atoms with Gasteiger partial charge in [-0.1, -0.05) is 17.3 Å². The quantitative estimate of drug-likeness (QED) is 0.887. The molecule has 6 heteroatoms. The smallest absolute Gasteiger partial charge is 0.392 e. The Labute approximate surface area is 102 Å². The lowest BCUT2D eigenvalue weighted by molar-refractivity contribution is -0.137. The van der Waals surface area contributed by atoms with E-state index in [1.807, 2.05) is 0 Å². The lowest BCUT2D eigenvalue weighted by atomic mass is 9.96. The third-order valence-corrected chi connectivity index (χ3v) is 2.80. The highest BCUT2D eigenvalue weighted by molar-refractivity contribution is 6.01. The molecule has 0 aliphatic carbocycles. The maximum absolute atomic E-state index is 12.4. The van der Waals surface area contributed by atoms with E-state index in [9.17, 15) is 13.2 Å². The summed E-state index contributed by atoms with van der Waals surface area (Å²) in [7, 11) is 0. The summed E-state index contributed by atoms with van der Waals surface area (Å²) in [5, 5.41) is 12.9. The molecule has 0 fully saturated rings. The van der Waals surface area contributed by atoms with E-state index in [4.69, 9.17) is 9.94 Å². The van der Waals surface area contributed by atoms with E-state index in [2.05, 4.69) is 5.16 Å². The van der Waals surface area contributed by atoms with Gasteiger partial charge in [-0.05, 0) is 24.6 Å². The molecule has 0 saturated heterocycles. The number of hydrogen-bond donors (Lipinski definition) is 1. The molecule has 0 amide bonds. The number of oxime groups is 1. The number of aliphatic hydroxyl groups excluding tert-OH is 1. The van der Waals surface area contributed by atoms with Crippen LogP contribution in [-0.2, 0) is 11.0 Å². The highest BCUT2D eigenvalue weighted by Crippen LogP contribution is 2.30. The van der Waals surface area contributed by atoms with E-state index in [0.717, 1.165) is 12.1 Å². The van der Waals surface area contributed by atoms with Crippen LogP contribution < -0.4 is 0 Å². The monoisotopic (exact) mass is 259 g/mol. The van der Waals surface area contributed by atoms with Gasteiger partial charge in [-0.15, -0.1) is 0 Å². The van der Waals surface area contributed by atoms with E-state index in [0.29, 0.717) is 17.7 Å². The summed E-state index contributed by atoms with van der Waals surface area (Å²) in [6, 6.07) is 4.72. The molecule has 1 aliphatic rings. The molecule has 0 unspecified atom stereocenters. The van der Waals surface area contributed by atoms with Gasteiger partial charge in [0.2, 0.25) is 0 Å². The van der Waals surface area contributed by atoms with Gasteiger partial charge in [-0.25, -0.2) is 0 Å². The van der Waals surface area contributed by atoms with E-state index < -0.39 is 17.3 Å². The highest BCUT2D eigenvalue weighted by atomic mass is 19.4. The zero-order chi connectivity index (χ0) is 13.4. The van der Waals surface area contributed by atoms with Gasteiger partial charge in [0.05, 0.1) is 17.9 Å². The fourth-order valence-corrected chi connectivity index (χ4v) is 1.68. The van der Waals surface area contributed by atoms with Crippen LogP contribution in [0.4, 0.5) is 13.2 Å². The van der Waals surface area contributed by atoms with E-state index in [1.54, 1.807) is 6.92 Å². The number of rotatable bonds is 2. The van der Waals surface area contributed by atoms with Crippen molar-refractivity contribution in [3.05, 3.63) is 35.4 Å². The second-order valence-electron chi connectivity index (χ2n) is 4.49. The SMILES string of the molecule is C[C@]1(CO)CC(c2ccc(C(F)(F)F)cc2)=NO1. The molecule has 98 valence electrons. The first kappa shape index (κ1) is 12.9. The van der Waals surface area contributed by atoms with Crippen molar-refractivity contribution < 1.29 is 23.1 Å². The molecule has 0 spiro atoms. The topological polar surface area (TPSA) is 41.8 Å². The number of alkyl halides is 3. The molecule has 3 nitrogen and oxygen atoms in total. The van der Waals surface area contributed by atoms with Gasteiger partial charge in [0.1, 0.15) is 0 Å². The van der Waals surface area contributed by atoms with E-state index in [1.165, 1.54) is 12.1 Å². The summed E-state index contributed by atoms with van der Waals surface area (Å²) in [5.41, 5.74) is -0.367. The number of benzene rings is 1. The fraction of sp³-hybridized carbons (Fsp3) is 0.417. The van der Waals surface area contributed by atoms with Gasteiger partial charge in [-0.3, -0.25) is 0 Å². The lowest BCUT2D eigenvalue weighted by Crippen LogP contribution is -2.29. The molecule has 0 aromatic heterocycles. The Morgan fingerprint density at radius 2 is 1.94 bits per heavy atom. The normalized spacial score (nSPS) is 23.7. The zero-order valence-electron chi connectivity index (χ0n) is 9.66. The molecule has 1 heterocycles. The third kappa shape index (κ3) is 2.48. The maximum Gasteiger partial charge on any atom is 0.416 e. The maximum atomic E-state index is 12.4. The minimum atomic E-state index is -4.34. The van der Waals surface area contributed by atoms with Crippen molar-refractivity contribution in [2.24, 2.45) is 5.16 Å². The molecule has 1 atom stereocenters. The van der Waals surface area contributed by atoms with Crippen molar-refractivity contribution in [1.82, 2.24) is 0 Å². The molecule has 0 bridgehead atoms. The van der Waals surface area contributed by atoms with Crippen LogP contribution >= 0.6 is 0 Å².